The van der Waals surface area contributed by atoms with Gasteiger partial charge in [0.25, 0.3) is 0 Å². The average Bonchev–Trinajstić information content (AvgIpc) is 2.28. The van der Waals surface area contributed by atoms with Crippen molar-refractivity contribution < 1.29 is 9.13 Å². The highest BCUT2D eigenvalue weighted by molar-refractivity contribution is 8.13. The van der Waals surface area contributed by atoms with Crippen LogP contribution in [-0.2, 0) is 0 Å². The SMILES string of the molecule is COc1ccc(N=C(NC#N)SC)cc1F. The number of aliphatic imine (C=N–C) groups is 1. The van der Waals surface area contributed by atoms with Crippen LogP contribution in [0.1, 0.15) is 0 Å². The lowest BCUT2D eigenvalue weighted by Gasteiger charge is -2.03. The van der Waals surface area contributed by atoms with Gasteiger partial charge in [0, 0.05) is 6.07 Å². The van der Waals surface area contributed by atoms with Crippen LogP contribution >= 0.6 is 11.8 Å². The number of halogens is 1. The Morgan fingerprint density at radius 1 is 1.62 bits per heavy atom. The number of methoxy groups -OCH3 is 1. The number of benzene rings is 1. The molecule has 0 amide bonds. The van der Waals surface area contributed by atoms with Gasteiger partial charge in [-0.25, -0.2) is 9.38 Å². The van der Waals surface area contributed by atoms with Crippen LogP contribution in [0.5, 0.6) is 5.75 Å². The van der Waals surface area contributed by atoms with Crippen molar-refractivity contribution in [3.8, 4) is 11.9 Å². The van der Waals surface area contributed by atoms with E-state index >= 15 is 0 Å². The maximum Gasteiger partial charge on any atom is 0.183 e. The topological polar surface area (TPSA) is 57.4 Å². The van der Waals surface area contributed by atoms with E-state index in [2.05, 4.69) is 10.3 Å². The van der Waals surface area contributed by atoms with Crippen molar-refractivity contribution in [3.63, 3.8) is 0 Å². The number of hydrogen-bond acceptors (Lipinski definition) is 4. The molecule has 0 heterocycles. The Hall–Kier alpha value is -1.74. The fourth-order valence-electron chi connectivity index (χ4n) is 1.01. The predicted octanol–water partition coefficient (Wildman–Crippen LogP) is 2.26. The average molecular weight is 239 g/mol. The molecule has 0 atom stereocenters. The number of rotatable bonds is 2. The van der Waals surface area contributed by atoms with Crippen molar-refractivity contribution in [1.82, 2.24) is 5.32 Å². The smallest absolute Gasteiger partial charge is 0.183 e. The summed E-state index contributed by atoms with van der Waals surface area (Å²) in [7, 11) is 1.39. The second-order valence-electron chi connectivity index (χ2n) is 2.68. The van der Waals surface area contributed by atoms with Crippen LogP contribution in [0.4, 0.5) is 10.1 Å². The van der Waals surface area contributed by atoms with Crippen molar-refractivity contribution in [2.24, 2.45) is 4.99 Å². The number of nitrogens with zero attached hydrogens (tertiary/aromatic N) is 2. The van der Waals surface area contributed by atoms with Gasteiger partial charge in [-0.3, -0.25) is 5.32 Å². The Morgan fingerprint density at radius 3 is 2.88 bits per heavy atom. The second kappa shape index (κ2) is 5.98. The molecule has 1 N–H and O–H groups in total. The van der Waals surface area contributed by atoms with E-state index in [9.17, 15) is 4.39 Å². The number of nitriles is 1. The van der Waals surface area contributed by atoms with Gasteiger partial charge in [-0.05, 0) is 18.4 Å². The summed E-state index contributed by atoms with van der Waals surface area (Å²) in [4.78, 5) is 4.05. The van der Waals surface area contributed by atoms with E-state index in [1.165, 1.54) is 31.0 Å². The number of nitrogens with one attached hydrogen (secondary N) is 1. The first-order valence-electron chi connectivity index (χ1n) is 4.32. The summed E-state index contributed by atoms with van der Waals surface area (Å²) in [5, 5.41) is 11.2. The van der Waals surface area contributed by atoms with Crippen molar-refractivity contribution in [1.29, 1.82) is 5.26 Å². The van der Waals surface area contributed by atoms with Crippen LogP contribution in [0.3, 0.4) is 0 Å². The molecule has 1 rings (SSSR count). The molecule has 1 aromatic rings. The molecule has 0 bridgehead atoms. The third kappa shape index (κ3) is 3.14. The highest BCUT2D eigenvalue weighted by Gasteiger charge is 2.03. The van der Waals surface area contributed by atoms with Gasteiger partial charge < -0.3 is 4.74 Å². The zero-order valence-electron chi connectivity index (χ0n) is 8.82. The molecule has 0 aliphatic rings. The Kier molecular flexibility index (Phi) is 4.61. The van der Waals surface area contributed by atoms with Gasteiger partial charge in [0.15, 0.2) is 22.9 Å². The quantitative estimate of drug-likeness (QED) is 0.372. The van der Waals surface area contributed by atoms with E-state index < -0.39 is 5.82 Å². The van der Waals surface area contributed by atoms with Gasteiger partial charge in [-0.15, -0.1) is 0 Å². The van der Waals surface area contributed by atoms with E-state index in [4.69, 9.17) is 10.00 Å². The fourth-order valence-corrected chi connectivity index (χ4v) is 1.36. The molecular weight excluding hydrogens is 229 g/mol. The molecule has 0 aliphatic carbocycles. The molecule has 1 aromatic carbocycles. The first-order valence-corrected chi connectivity index (χ1v) is 5.55. The van der Waals surface area contributed by atoms with Crippen molar-refractivity contribution in [3.05, 3.63) is 24.0 Å². The molecule has 16 heavy (non-hydrogen) atoms. The maximum atomic E-state index is 13.3. The van der Waals surface area contributed by atoms with E-state index in [1.54, 1.807) is 18.5 Å². The normalized spacial score (nSPS) is 10.8. The van der Waals surface area contributed by atoms with E-state index in [0.717, 1.165) is 0 Å². The third-order valence-electron chi connectivity index (χ3n) is 1.72. The highest BCUT2D eigenvalue weighted by atomic mass is 32.2. The predicted molar refractivity (Wildman–Crippen MR) is 62.3 cm³/mol. The fraction of sp³-hybridized carbons (Fsp3) is 0.200. The summed E-state index contributed by atoms with van der Waals surface area (Å²) in [6.07, 6.45) is 3.52. The number of ether oxygens (including phenoxy) is 1. The molecule has 0 fully saturated rings. The number of hydrogen-bond donors (Lipinski definition) is 1. The molecule has 0 unspecified atom stereocenters. The van der Waals surface area contributed by atoms with Crippen LogP contribution in [0.2, 0.25) is 0 Å². The zero-order chi connectivity index (χ0) is 12.0. The standard InChI is InChI=1S/C10H10FN3OS/c1-15-9-4-3-7(5-8(9)11)14-10(16-2)13-6-12/h3-5H,1-2H3,(H,13,14). The summed E-state index contributed by atoms with van der Waals surface area (Å²) in [6, 6.07) is 4.34. The van der Waals surface area contributed by atoms with E-state index in [-0.39, 0.29) is 5.75 Å². The van der Waals surface area contributed by atoms with Gasteiger partial charge in [-0.2, -0.15) is 5.26 Å². The van der Waals surface area contributed by atoms with Crippen molar-refractivity contribution >= 4 is 22.6 Å². The van der Waals surface area contributed by atoms with Gasteiger partial charge in [-0.1, -0.05) is 11.8 Å². The molecule has 84 valence electrons. The van der Waals surface area contributed by atoms with Crippen LogP contribution in [0.15, 0.2) is 23.2 Å². The number of thioether (sulfide) groups is 1. The molecule has 6 heteroatoms. The molecule has 0 aliphatic heterocycles. The van der Waals surface area contributed by atoms with Gasteiger partial charge in [0.05, 0.1) is 12.8 Å². The summed E-state index contributed by atoms with van der Waals surface area (Å²) >= 11 is 1.27. The highest BCUT2D eigenvalue weighted by Crippen LogP contribution is 2.23. The minimum absolute atomic E-state index is 0.165. The maximum absolute atomic E-state index is 13.3. The first kappa shape index (κ1) is 12.3. The van der Waals surface area contributed by atoms with E-state index in [1.807, 2.05) is 0 Å². The van der Waals surface area contributed by atoms with Crippen molar-refractivity contribution in [2.45, 2.75) is 0 Å². The molecule has 0 radical (unpaired) electrons. The Labute approximate surface area is 97.1 Å². The lowest BCUT2D eigenvalue weighted by atomic mass is 10.3. The zero-order valence-corrected chi connectivity index (χ0v) is 9.64. The lowest BCUT2D eigenvalue weighted by Crippen LogP contribution is -2.12. The van der Waals surface area contributed by atoms with Crippen LogP contribution in [-0.4, -0.2) is 18.5 Å². The number of amidine groups is 1. The van der Waals surface area contributed by atoms with Crippen LogP contribution in [0.25, 0.3) is 0 Å². The van der Waals surface area contributed by atoms with Crippen molar-refractivity contribution in [2.75, 3.05) is 13.4 Å². The molecule has 4 nitrogen and oxygen atoms in total. The molecule has 0 spiro atoms. The monoisotopic (exact) mass is 239 g/mol. The Morgan fingerprint density at radius 2 is 2.38 bits per heavy atom. The molecular formula is C10H10FN3OS. The minimum atomic E-state index is -0.485. The van der Waals surface area contributed by atoms with E-state index in [0.29, 0.717) is 10.9 Å². The third-order valence-corrected chi connectivity index (χ3v) is 2.30. The molecule has 0 saturated heterocycles. The first-order chi connectivity index (χ1) is 7.71. The van der Waals surface area contributed by atoms with Crippen LogP contribution in [0, 0.1) is 17.3 Å². The summed E-state index contributed by atoms with van der Waals surface area (Å²) in [5.74, 6) is -0.320. The van der Waals surface area contributed by atoms with Gasteiger partial charge in [0.2, 0.25) is 0 Å². The lowest BCUT2D eigenvalue weighted by molar-refractivity contribution is 0.386. The van der Waals surface area contributed by atoms with Gasteiger partial charge in [0.1, 0.15) is 0 Å². The van der Waals surface area contributed by atoms with Gasteiger partial charge >= 0.3 is 0 Å². The summed E-state index contributed by atoms with van der Waals surface area (Å²) in [6.45, 7) is 0. The molecule has 0 aromatic heterocycles. The Balaban J connectivity index is 2.97. The summed E-state index contributed by atoms with van der Waals surface area (Å²) in [5.41, 5.74) is 0.422. The summed E-state index contributed by atoms with van der Waals surface area (Å²) < 4.78 is 18.1. The molecule has 0 saturated carbocycles. The largest absolute Gasteiger partial charge is 0.494 e. The minimum Gasteiger partial charge on any atom is -0.494 e. The van der Waals surface area contributed by atoms with Crippen LogP contribution < -0.4 is 10.1 Å². The second-order valence-corrected chi connectivity index (χ2v) is 3.47. The Bertz CT molecular complexity index is 442.